The third-order valence-corrected chi connectivity index (χ3v) is 3.10. The zero-order chi connectivity index (χ0) is 12.1. The zero-order valence-electron chi connectivity index (χ0n) is 9.82. The Kier molecular flexibility index (Phi) is 4.40. The molecule has 2 aromatic rings. The largest absolute Gasteiger partial charge is 0.453 e. The summed E-state index contributed by atoms with van der Waals surface area (Å²) in [6, 6.07) is 14.6. The predicted octanol–water partition coefficient (Wildman–Crippen LogP) is 3.94. The van der Waals surface area contributed by atoms with E-state index in [2.05, 4.69) is 52.4 Å². The Labute approximate surface area is 110 Å². The summed E-state index contributed by atoms with van der Waals surface area (Å²) in [4.78, 5) is 0. The lowest BCUT2D eigenvalue weighted by atomic mass is 10.0. The third kappa shape index (κ3) is 3.45. The van der Waals surface area contributed by atoms with E-state index < -0.39 is 0 Å². The third-order valence-electron chi connectivity index (χ3n) is 2.67. The monoisotopic (exact) mass is 293 g/mol. The Bertz CT molecular complexity index is 452. The van der Waals surface area contributed by atoms with Crippen molar-refractivity contribution in [2.24, 2.45) is 0 Å². The summed E-state index contributed by atoms with van der Waals surface area (Å²) in [5.74, 6) is 0.975. The van der Waals surface area contributed by atoms with Crippen LogP contribution in [0.15, 0.2) is 51.6 Å². The van der Waals surface area contributed by atoms with Crippen LogP contribution in [0.25, 0.3) is 0 Å². The van der Waals surface area contributed by atoms with E-state index in [9.17, 15) is 0 Å². The smallest absolute Gasteiger partial charge is 0.169 e. The Hall–Kier alpha value is -1.06. The molecule has 0 aliphatic heterocycles. The standard InChI is InChI=1S/C14H16BrNO/c1-2-16-12(13-8-9-14(15)17-13)10-11-6-4-3-5-7-11/h3-9,12,16H,2,10H2,1H3. The summed E-state index contributed by atoms with van der Waals surface area (Å²) >= 11 is 3.34. The van der Waals surface area contributed by atoms with E-state index in [1.54, 1.807) is 0 Å². The first-order chi connectivity index (χ1) is 8.29. The molecule has 0 aliphatic carbocycles. The second-order valence-corrected chi connectivity index (χ2v) is 4.72. The Morgan fingerprint density at radius 1 is 1.18 bits per heavy atom. The highest BCUT2D eigenvalue weighted by Gasteiger charge is 2.14. The highest BCUT2D eigenvalue weighted by atomic mass is 79.9. The van der Waals surface area contributed by atoms with E-state index in [-0.39, 0.29) is 6.04 Å². The topological polar surface area (TPSA) is 25.2 Å². The molecule has 90 valence electrons. The van der Waals surface area contributed by atoms with Crippen molar-refractivity contribution >= 4 is 15.9 Å². The highest BCUT2D eigenvalue weighted by Crippen LogP contribution is 2.23. The van der Waals surface area contributed by atoms with Gasteiger partial charge in [0, 0.05) is 0 Å². The maximum Gasteiger partial charge on any atom is 0.169 e. The van der Waals surface area contributed by atoms with Crippen LogP contribution in [-0.2, 0) is 6.42 Å². The second-order valence-electron chi connectivity index (χ2n) is 3.94. The van der Waals surface area contributed by atoms with Crippen LogP contribution in [0.2, 0.25) is 0 Å². The van der Waals surface area contributed by atoms with Crippen LogP contribution < -0.4 is 5.32 Å². The summed E-state index contributed by atoms with van der Waals surface area (Å²) in [6.45, 7) is 3.03. The Morgan fingerprint density at radius 2 is 1.94 bits per heavy atom. The minimum Gasteiger partial charge on any atom is -0.453 e. The van der Waals surface area contributed by atoms with Gasteiger partial charge >= 0.3 is 0 Å². The van der Waals surface area contributed by atoms with Crippen LogP contribution >= 0.6 is 15.9 Å². The molecule has 0 amide bonds. The van der Waals surface area contributed by atoms with Gasteiger partial charge < -0.3 is 9.73 Å². The van der Waals surface area contributed by atoms with Crippen molar-refractivity contribution in [1.82, 2.24) is 5.32 Å². The Morgan fingerprint density at radius 3 is 2.53 bits per heavy atom. The van der Waals surface area contributed by atoms with Crippen molar-refractivity contribution in [2.45, 2.75) is 19.4 Å². The van der Waals surface area contributed by atoms with E-state index in [4.69, 9.17) is 4.42 Å². The number of likely N-dealkylation sites (N-methyl/N-ethyl adjacent to an activating group) is 1. The normalized spacial score (nSPS) is 12.6. The molecular formula is C14H16BrNO. The minimum absolute atomic E-state index is 0.230. The molecule has 2 nitrogen and oxygen atoms in total. The lowest BCUT2D eigenvalue weighted by Gasteiger charge is -2.15. The van der Waals surface area contributed by atoms with E-state index in [0.717, 1.165) is 23.4 Å². The molecular weight excluding hydrogens is 278 g/mol. The van der Waals surface area contributed by atoms with Crippen molar-refractivity contribution in [1.29, 1.82) is 0 Å². The lowest BCUT2D eigenvalue weighted by molar-refractivity contribution is 0.405. The van der Waals surface area contributed by atoms with Crippen molar-refractivity contribution < 1.29 is 4.42 Å². The number of furan rings is 1. The lowest BCUT2D eigenvalue weighted by Crippen LogP contribution is -2.22. The van der Waals surface area contributed by atoms with E-state index in [0.29, 0.717) is 0 Å². The van der Waals surface area contributed by atoms with Crippen molar-refractivity contribution in [3.05, 3.63) is 58.5 Å². The van der Waals surface area contributed by atoms with Crippen LogP contribution in [0, 0.1) is 0 Å². The highest BCUT2D eigenvalue weighted by molar-refractivity contribution is 9.10. The summed E-state index contributed by atoms with van der Waals surface area (Å²) in [5, 5.41) is 3.45. The van der Waals surface area contributed by atoms with Crippen LogP contribution in [-0.4, -0.2) is 6.54 Å². The number of hydrogen-bond acceptors (Lipinski definition) is 2. The predicted molar refractivity (Wildman–Crippen MR) is 73.0 cm³/mol. The van der Waals surface area contributed by atoms with Crippen molar-refractivity contribution in [3.8, 4) is 0 Å². The molecule has 1 atom stereocenters. The first kappa shape index (κ1) is 12.4. The van der Waals surface area contributed by atoms with Crippen molar-refractivity contribution in [2.75, 3.05) is 6.54 Å². The molecule has 0 saturated carbocycles. The quantitative estimate of drug-likeness (QED) is 0.903. The van der Waals surface area contributed by atoms with Crippen LogP contribution in [0.3, 0.4) is 0 Å². The fraction of sp³-hybridized carbons (Fsp3) is 0.286. The molecule has 1 aromatic heterocycles. The molecule has 3 heteroatoms. The molecule has 1 unspecified atom stereocenters. The number of rotatable bonds is 5. The summed E-state index contributed by atoms with van der Waals surface area (Å²) < 4.78 is 6.41. The first-order valence-electron chi connectivity index (χ1n) is 5.82. The van der Waals surface area contributed by atoms with Gasteiger partial charge in [0.1, 0.15) is 5.76 Å². The van der Waals surface area contributed by atoms with Gasteiger partial charge in [0.15, 0.2) is 4.67 Å². The van der Waals surface area contributed by atoms with Gasteiger partial charge in [0.25, 0.3) is 0 Å². The maximum atomic E-state index is 5.62. The molecule has 17 heavy (non-hydrogen) atoms. The van der Waals surface area contributed by atoms with Gasteiger partial charge in [-0.25, -0.2) is 0 Å². The summed E-state index contributed by atoms with van der Waals surface area (Å²) in [5.41, 5.74) is 1.31. The molecule has 1 heterocycles. The summed E-state index contributed by atoms with van der Waals surface area (Å²) in [7, 11) is 0. The van der Waals surface area contributed by atoms with E-state index >= 15 is 0 Å². The molecule has 1 N–H and O–H groups in total. The number of halogens is 1. The van der Waals surface area contributed by atoms with Gasteiger partial charge in [-0.15, -0.1) is 0 Å². The van der Waals surface area contributed by atoms with Gasteiger partial charge in [-0.1, -0.05) is 37.3 Å². The van der Waals surface area contributed by atoms with Gasteiger partial charge in [-0.2, -0.15) is 0 Å². The molecule has 0 aliphatic rings. The number of benzene rings is 1. The van der Waals surface area contributed by atoms with E-state index in [1.807, 2.05) is 18.2 Å². The van der Waals surface area contributed by atoms with Crippen molar-refractivity contribution in [3.63, 3.8) is 0 Å². The van der Waals surface area contributed by atoms with Crippen LogP contribution in [0.4, 0.5) is 0 Å². The second kappa shape index (κ2) is 6.03. The van der Waals surface area contributed by atoms with Gasteiger partial charge in [-0.05, 0) is 46.6 Å². The molecule has 0 bridgehead atoms. The number of nitrogens with one attached hydrogen (secondary N) is 1. The van der Waals surface area contributed by atoms with E-state index in [1.165, 1.54) is 5.56 Å². The molecule has 0 spiro atoms. The SMILES string of the molecule is CCNC(Cc1ccccc1)c1ccc(Br)o1. The van der Waals surface area contributed by atoms with Gasteiger partial charge in [-0.3, -0.25) is 0 Å². The molecule has 2 rings (SSSR count). The summed E-state index contributed by atoms with van der Waals surface area (Å²) in [6.07, 6.45) is 0.939. The maximum absolute atomic E-state index is 5.62. The fourth-order valence-corrected chi connectivity index (χ4v) is 2.20. The molecule has 1 aromatic carbocycles. The first-order valence-corrected chi connectivity index (χ1v) is 6.61. The molecule has 0 radical (unpaired) electrons. The van der Waals surface area contributed by atoms with Crippen LogP contribution in [0.1, 0.15) is 24.3 Å². The number of hydrogen-bond donors (Lipinski definition) is 1. The molecule has 0 saturated heterocycles. The molecule has 0 fully saturated rings. The zero-order valence-corrected chi connectivity index (χ0v) is 11.4. The van der Waals surface area contributed by atoms with Gasteiger partial charge in [0.05, 0.1) is 6.04 Å². The average molecular weight is 294 g/mol. The average Bonchev–Trinajstić information content (AvgIpc) is 2.77. The minimum atomic E-state index is 0.230. The fourth-order valence-electron chi connectivity index (χ4n) is 1.89. The van der Waals surface area contributed by atoms with Crippen LogP contribution in [0.5, 0.6) is 0 Å². The van der Waals surface area contributed by atoms with Gasteiger partial charge in [0.2, 0.25) is 0 Å². The Balaban J connectivity index is 2.13.